The zero-order chi connectivity index (χ0) is 11.4. The highest BCUT2D eigenvalue weighted by atomic mass is 19.2. The number of rotatable bonds is 4. The Labute approximate surface area is 86.5 Å². The van der Waals surface area contributed by atoms with Crippen molar-refractivity contribution in [3.05, 3.63) is 29.3 Å². The molecular weight excluding hydrogens is 204 g/mol. The van der Waals surface area contributed by atoms with Gasteiger partial charge < -0.3 is 15.6 Å². The minimum atomic E-state index is -1.04. The average molecular weight is 217 g/mol. The molecule has 3 N–H and O–H groups in total. The number of benzene rings is 1. The van der Waals surface area contributed by atoms with Crippen LogP contribution < -0.4 is 10.5 Å². The van der Waals surface area contributed by atoms with Gasteiger partial charge in [0.1, 0.15) is 0 Å². The first-order chi connectivity index (χ1) is 7.10. The molecule has 15 heavy (non-hydrogen) atoms. The van der Waals surface area contributed by atoms with Crippen molar-refractivity contribution in [2.75, 3.05) is 13.7 Å². The Bertz CT molecular complexity index is 344. The van der Waals surface area contributed by atoms with Gasteiger partial charge in [-0.25, -0.2) is 4.39 Å². The van der Waals surface area contributed by atoms with Crippen molar-refractivity contribution in [1.29, 1.82) is 0 Å². The van der Waals surface area contributed by atoms with Crippen LogP contribution in [0.3, 0.4) is 0 Å². The molecular formula is C10H13F2NO2. The fourth-order valence-electron chi connectivity index (χ4n) is 1.29. The number of hydrogen-bond acceptors (Lipinski definition) is 3. The molecule has 0 aliphatic carbocycles. The summed E-state index contributed by atoms with van der Waals surface area (Å²) in [5.74, 6) is -2.19. The zero-order valence-electron chi connectivity index (χ0n) is 8.34. The number of methoxy groups -OCH3 is 1. The van der Waals surface area contributed by atoms with Crippen LogP contribution in [0.2, 0.25) is 0 Å². The van der Waals surface area contributed by atoms with Crippen LogP contribution >= 0.6 is 0 Å². The third-order valence-electron chi connectivity index (χ3n) is 2.06. The first-order valence-corrected chi connectivity index (χ1v) is 4.49. The summed E-state index contributed by atoms with van der Waals surface area (Å²) in [5, 5.41) is 9.29. The molecule has 0 aliphatic heterocycles. The van der Waals surface area contributed by atoms with Gasteiger partial charge in [0.2, 0.25) is 5.82 Å². The SMILES string of the molecule is COc1c(CC(O)CN)ccc(F)c1F. The number of aliphatic hydroxyl groups excluding tert-OH is 1. The fourth-order valence-corrected chi connectivity index (χ4v) is 1.29. The number of hydrogen-bond donors (Lipinski definition) is 2. The Balaban J connectivity index is 3.02. The molecule has 0 aromatic heterocycles. The standard InChI is InChI=1S/C10H13F2NO2/c1-15-10-6(4-7(14)5-13)2-3-8(11)9(10)12/h2-3,7,14H,4-5,13H2,1H3. The van der Waals surface area contributed by atoms with E-state index in [9.17, 15) is 13.9 Å². The second-order valence-electron chi connectivity index (χ2n) is 3.15. The van der Waals surface area contributed by atoms with Gasteiger partial charge in [-0.3, -0.25) is 0 Å². The van der Waals surface area contributed by atoms with Gasteiger partial charge in [0.05, 0.1) is 13.2 Å². The number of nitrogens with two attached hydrogens (primary N) is 1. The molecule has 1 aromatic rings. The van der Waals surface area contributed by atoms with E-state index in [-0.39, 0.29) is 18.7 Å². The molecule has 5 heteroatoms. The molecule has 84 valence electrons. The summed E-state index contributed by atoms with van der Waals surface area (Å²) in [6.45, 7) is 0.0577. The molecule has 0 bridgehead atoms. The van der Waals surface area contributed by atoms with E-state index in [1.165, 1.54) is 13.2 Å². The van der Waals surface area contributed by atoms with E-state index in [4.69, 9.17) is 10.5 Å². The maximum absolute atomic E-state index is 13.2. The van der Waals surface area contributed by atoms with Crippen molar-refractivity contribution in [2.45, 2.75) is 12.5 Å². The Morgan fingerprint density at radius 2 is 2.13 bits per heavy atom. The third kappa shape index (κ3) is 2.64. The van der Waals surface area contributed by atoms with E-state index in [0.29, 0.717) is 5.56 Å². The van der Waals surface area contributed by atoms with E-state index in [0.717, 1.165) is 6.07 Å². The first-order valence-electron chi connectivity index (χ1n) is 4.49. The molecule has 0 heterocycles. The molecule has 1 rings (SSSR count). The second kappa shape index (κ2) is 5.04. The molecule has 1 unspecified atom stereocenters. The summed E-state index contributed by atoms with van der Waals surface area (Å²) < 4.78 is 30.8. The van der Waals surface area contributed by atoms with E-state index >= 15 is 0 Å². The molecule has 0 spiro atoms. The molecule has 0 aliphatic rings. The predicted octanol–water partition coefficient (Wildman–Crippen LogP) is 0.835. The van der Waals surface area contributed by atoms with Crippen molar-refractivity contribution < 1.29 is 18.6 Å². The maximum atomic E-state index is 13.2. The Hall–Kier alpha value is -1.20. The Morgan fingerprint density at radius 3 is 2.67 bits per heavy atom. The number of aliphatic hydroxyl groups is 1. The summed E-state index contributed by atoms with van der Waals surface area (Å²) in [6, 6.07) is 2.37. The van der Waals surface area contributed by atoms with Crippen molar-refractivity contribution in [2.24, 2.45) is 5.73 Å². The summed E-state index contributed by atoms with van der Waals surface area (Å²) >= 11 is 0. The van der Waals surface area contributed by atoms with Crippen LogP contribution in [0.4, 0.5) is 8.78 Å². The van der Waals surface area contributed by atoms with Gasteiger partial charge in [-0.15, -0.1) is 0 Å². The zero-order valence-corrected chi connectivity index (χ0v) is 8.34. The normalized spacial score (nSPS) is 12.6. The van der Waals surface area contributed by atoms with Crippen molar-refractivity contribution in [1.82, 2.24) is 0 Å². The molecule has 1 aromatic carbocycles. The lowest BCUT2D eigenvalue weighted by Crippen LogP contribution is -2.22. The van der Waals surface area contributed by atoms with E-state index in [1.807, 2.05) is 0 Å². The van der Waals surface area contributed by atoms with Crippen LogP contribution in [-0.2, 0) is 6.42 Å². The molecule has 0 radical (unpaired) electrons. The van der Waals surface area contributed by atoms with Crippen LogP contribution in [0.5, 0.6) is 5.75 Å². The van der Waals surface area contributed by atoms with E-state index in [1.54, 1.807) is 0 Å². The van der Waals surface area contributed by atoms with Gasteiger partial charge in [0.25, 0.3) is 0 Å². The lowest BCUT2D eigenvalue weighted by Gasteiger charge is -2.12. The van der Waals surface area contributed by atoms with Crippen molar-refractivity contribution in [3.8, 4) is 5.75 Å². The predicted molar refractivity (Wildman–Crippen MR) is 51.7 cm³/mol. The molecule has 0 amide bonds. The quantitative estimate of drug-likeness (QED) is 0.785. The van der Waals surface area contributed by atoms with Gasteiger partial charge in [-0.1, -0.05) is 6.07 Å². The topological polar surface area (TPSA) is 55.5 Å². The van der Waals surface area contributed by atoms with Crippen molar-refractivity contribution in [3.63, 3.8) is 0 Å². The van der Waals surface area contributed by atoms with Crippen LogP contribution in [0, 0.1) is 11.6 Å². The Kier molecular flexibility index (Phi) is 3.99. The molecule has 0 fully saturated rings. The molecule has 0 saturated heterocycles. The van der Waals surface area contributed by atoms with E-state index in [2.05, 4.69) is 0 Å². The average Bonchev–Trinajstić information content (AvgIpc) is 2.24. The largest absolute Gasteiger partial charge is 0.493 e. The van der Waals surface area contributed by atoms with Gasteiger partial charge in [0.15, 0.2) is 11.6 Å². The number of ether oxygens (including phenoxy) is 1. The monoisotopic (exact) mass is 217 g/mol. The van der Waals surface area contributed by atoms with E-state index < -0.39 is 17.7 Å². The molecule has 0 saturated carbocycles. The van der Waals surface area contributed by atoms with Crippen molar-refractivity contribution >= 4 is 0 Å². The maximum Gasteiger partial charge on any atom is 0.200 e. The summed E-state index contributed by atoms with van der Waals surface area (Å²) in [4.78, 5) is 0. The van der Waals surface area contributed by atoms with Crippen LogP contribution in [0.25, 0.3) is 0 Å². The van der Waals surface area contributed by atoms with Gasteiger partial charge >= 0.3 is 0 Å². The summed E-state index contributed by atoms with van der Waals surface area (Å²) in [7, 11) is 1.25. The lowest BCUT2D eigenvalue weighted by molar-refractivity contribution is 0.181. The molecule has 1 atom stereocenters. The minimum Gasteiger partial charge on any atom is -0.493 e. The first kappa shape index (κ1) is 11.9. The van der Waals surface area contributed by atoms with Crippen LogP contribution in [0.15, 0.2) is 12.1 Å². The number of halogens is 2. The highest BCUT2D eigenvalue weighted by Crippen LogP contribution is 2.25. The second-order valence-corrected chi connectivity index (χ2v) is 3.15. The highest BCUT2D eigenvalue weighted by Gasteiger charge is 2.15. The van der Waals surface area contributed by atoms with Gasteiger partial charge in [0, 0.05) is 13.0 Å². The smallest absolute Gasteiger partial charge is 0.200 e. The highest BCUT2D eigenvalue weighted by molar-refractivity contribution is 5.36. The molecule has 3 nitrogen and oxygen atoms in total. The minimum absolute atomic E-state index is 0.0577. The van der Waals surface area contributed by atoms with Gasteiger partial charge in [-0.05, 0) is 11.6 Å². The Morgan fingerprint density at radius 1 is 1.47 bits per heavy atom. The fraction of sp³-hybridized carbons (Fsp3) is 0.400. The third-order valence-corrected chi connectivity index (χ3v) is 2.06. The van der Waals surface area contributed by atoms with Crippen LogP contribution in [0.1, 0.15) is 5.56 Å². The van der Waals surface area contributed by atoms with Crippen LogP contribution in [-0.4, -0.2) is 24.9 Å². The summed E-state index contributed by atoms with van der Waals surface area (Å²) in [6.07, 6.45) is -0.652. The van der Waals surface area contributed by atoms with Gasteiger partial charge in [-0.2, -0.15) is 4.39 Å². The summed E-state index contributed by atoms with van der Waals surface area (Å²) in [5.41, 5.74) is 5.62. The lowest BCUT2D eigenvalue weighted by atomic mass is 10.1.